The van der Waals surface area contributed by atoms with Crippen molar-refractivity contribution >= 4 is 27.3 Å². The number of halogens is 1. The van der Waals surface area contributed by atoms with E-state index in [-0.39, 0.29) is 0 Å². The first kappa shape index (κ1) is 20.0. The van der Waals surface area contributed by atoms with Crippen LogP contribution in [-0.4, -0.2) is 26.5 Å². The monoisotopic (exact) mass is 413 g/mol. The minimum absolute atomic E-state index is 0.385. The summed E-state index contributed by atoms with van der Waals surface area (Å²) in [7, 11) is 0. The minimum atomic E-state index is -0.994. The van der Waals surface area contributed by atoms with Gasteiger partial charge in [-0.2, -0.15) is 5.10 Å². The minimum Gasteiger partial charge on any atom is -0.397 e. The number of benzene rings is 1. The molecule has 0 aliphatic heterocycles. The molecule has 0 saturated heterocycles. The number of fused-ring (bicyclic) bond motifs is 1. The SMILES string of the molecule is C=C(N)c1nn(Cc2ccc(CNC3CCC(C)(F)CC3)c3scnc23)cc1C. The lowest BCUT2D eigenvalue weighted by atomic mass is 9.85. The molecule has 0 spiro atoms. The van der Waals surface area contributed by atoms with E-state index in [1.54, 1.807) is 18.3 Å². The van der Waals surface area contributed by atoms with Gasteiger partial charge in [0, 0.05) is 24.3 Å². The van der Waals surface area contributed by atoms with E-state index in [0.717, 1.165) is 41.7 Å². The summed E-state index contributed by atoms with van der Waals surface area (Å²) in [6.45, 7) is 8.92. The topological polar surface area (TPSA) is 68.8 Å². The van der Waals surface area contributed by atoms with Crippen LogP contribution in [0.4, 0.5) is 4.39 Å². The van der Waals surface area contributed by atoms with Crippen molar-refractivity contribution in [2.75, 3.05) is 0 Å². The van der Waals surface area contributed by atoms with Crippen LogP contribution >= 0.6 is 11.3 Å². The predicted molar refractivity (Wildman–Crippen MR) is 118 cm³/mol. The van der Waals surface area contributed by atoms with Crippen molar-refractivity contribution in [1.82, 2.24) is 20.1 Å². The van der Waals surface area contributed by atoms with E-state index in [1.807, 2.05) is 23.3 Å². The Labute approximate surface area is 174 Å². The molecular formula is C22H28FN5S. The van der Waals surface area contributed by atoms with Gasteiger partial charge >= 0.3 is 0 Å². The Morgan fingerprint density at radius 3 is 2.79 bits per heavy atom. The summed E-state index contributed by atoms with van der Waals surface area (Å²) in [5, 5.41) is 8.17. The molecule has 0 unspecified atom stereocenters. The second-order valence-electron chi connectivity index (χ2n) is 8.37. The van der Waals surface area contributed by atoms with E-state index in [0.29, 0.717) is 31.1 Å². The standard InChI is InChI=1S/C22H28FN5S/c1-14-11-28(27-19(14)15(2)24)12-17-5-4-16(21-20(17)26-13-29-21)10-25-18-6-8-22(3,23)9-7-18/h4-5,11,13,18,25H,2,6-10,12,24H2,1,3H3. The molecule has 3 aromatic rings. The van der Waals surface area contributed by atoms with Crippen LogP contribution in [0.2, 0.25) is 0 Å². The maximum atomic E-state index is 14.0. The van der Waals surface area contributed by atoms with Gasteiger partial charge in [-0.05, 0) is 50.7 Å². The highest BCUT2D eigenvalue weighted by atomic mass is 32.1. The highest BCUT2D eigenvalue weighted by molar-refractivity contribution is 7.17. The lowest BCUT2D eigenvalue weighted by Crippen LogP contribution is -2.37. The molecule has 2 aromatic heterocycles. The van der Waals surface area contributed by atoms with Gasteiger partial charge in [-0.1, -0.05) is 18.7 Å². The predicted octanol–water partition coefficient (Wildman–Crippen LogP) is 4.54. The van der Waals surface area contributed by atoms with E-state index < -0.39 is 5.67 Å². The van der Waals surface area contributed by atoms with Gasteiger partial charge in [0.25, 0.3) is 0 Å². The van der Waals surface area contributed by atoms with E-state index in [1.165, 1.54) is 10.3 Å². The molecule has 3 N–H and O–H groups in total. The van der Waals surface area contributed by atoms with Crippen LogP contribution in [0.25, 0.3) is 15.9 Å². The molecule has 1 aliphatic carbocycles. The first-order chi connectivity index (χ1) is 13.8. The van der Waals surface area contributed by atoms with E-state index >= 15 is 0 Å². The van der Waals surface area contributed by atoms with Crippen molar-refractivity contribution in [1.29, 1.82) is 0 Å². The summed E-state index contributed by atoms with van der Waals surface area (Å²) in [5.74, 6) is 0. The number of nitrogens with zero attached hydrogens (tertiary/aromatic N) is 3. The Bertz CT molecular complexity index is 1030. The van der Waals surface area contributed by atoms with Crippen LogP contribution in [0.3, 0.4) is 0 Å². The third-order valence-corrected chi connectivity index (χ3v) is 6.74. The molecule has 0 radical (unpaired) electrons. The number of rotatable bonds is 6. The van der Waals surface area contributed by atoms with Gasteiger partial charge in [0.15, 0.2) is 0 Å². The average Bonchev–Trinajstić information content (AvgIpc) is 3.29. The second kappa shape index (κ2) is 7.88. The molecule has 0 amide bonds. The normalized spacial score (nSPS) is 22.2. The molecule has 0 bridgehead atoms. The maximum Gasteiger partial charge on any atom is 0.110 e. The zero-order valence-electron chi connectivity index (χ0n) is 17.0. The Morgan fingerprint density at radius 1 is 1.38 bits per heavy atom. The molecule has 0 atom stereocenters. The largest absolute Gasteiger partial charge is 0.397 e. The van der Waals surface area contributed by atoms with Crippen molar-refractivity contribution in [3.05, 3.63) is 52.8 Å². The highest BCUT2D eigenvalue weighted by Gasteiger charge is 2.30. The lowest BCUT2D eigenvalue weighted by molar-refractivity contribution is 0.113. The van der Waals surface area contributed by atoms with Crippen LogP contribution in [-0.2, 0) is 13.1 Å². The van der Waals surface area contributed by atoms with Crippen LogP contribution in [0.15, 0.2) is 30.4 Å². The molecule has 1 aromatic carbocycles. The molecule has 1 aliphatic rings. The zero-order valence-corrected chi connectivity index (χ0v) is 17.9. The van der Waals surface area contributed by atoms with Crippen molar-refractivity contribution in [2.45, 2.75) is 64.3 Å². The Hall–Kier alpha value is -2.25. The summed E-state index contributed by atoms with van der Waals surface area (Å²) >= 11 is 1.66. The van der Waals surface area contributed by atoms with Crippen molar-refractivity contribution < 1.29 is 4.39 Å². The number of nitrogens with two attached hydrogens (primary N) is 1. The third-order valence-electron chi connectivity index (χ3n) is 5.84. The molecular weight excluding hydrogens is 385 g/mol. The Morgan fingerprint density at radius 2 is 2.10 bits per heavy atom. The van der Waals surface area contributed by atoms with Gasteiger partial charge in [0.05, 0.1) is 28.0 Å². The molecule has 1 saturated carbocycles. The molecule has 5 nitrogen and oxygen atoms in total. The molecule has 4 rings (SSSR count). The first-order valence-electron chi connectivity index (χ1n) is 10.1. The number of hydrogen-bond donors (Lipinski definition) is 2. The van der Waals surface area contributed by atoms with Crippen LogP contribution in [0, 0.1) is 6.92 Å². The summed E-state index contributed by atoms with van der Waals surface area (Å²) in [4.78, 5) is 4.61. The molecule has 7 heteroatoms. The number of thiazole rings is 1. The number of alkyl halides is 1. The molecule has 1 fully saturated rings. The number of hydrogen-bond acceptors (Lipinski definition) is 5. The van der Waals surface area contributed by atoms with Gasteiger partial charge < -0.3 is 11.1 Å². The fourth-order valence-electron chi connectivity index (χ4n) is 4.10. The summed E-state index contributed by atoms with van der Waals surface area (Å²) in [6.07, 6.45) is 5.05. The van der Waals surface area contributed by atoms with Crippen LogP contribution < -0.4 is 11.1 Å². The molecule has 2 heterocycles. The van der Waals surface area contributed by atoms with Crippen molar-refractivity contribution in [3.63, 3.8) is 0 Å². The zero-order chi connectivity index (χ0) is 20.6. The first-order valence-corrected chi connectivity index (χ1v) is 11.0. The maximum absolute atomic E-state index is 14.0. The number of aryl methyl sites for hydroxylation is 1. The molecule has 154 valence electrons. The van der Waals surface area contributed by atoms with Gasteiger partial charge in [0.1, 0.15) is 11.4 Å². The highest BCUT2D eigenvalue weighted by Crippen LogP contribution is 2.32. The van der Waals surface area contributed by atoms with Crippen molar-refractivity contribution in [2.24, 2.45) is 5.73 Å². The van der Waals surface area contributed by atoms with E-state index in [9.17, 15) is 4.39 Å². The quantitative estimate of drug-likeness (QED) is 0.623. The number of nitrogens with one attached hydrogen (secondary N) is 1. The van der Waals surface area contributed by atoms with Crippen molar-refractivity contribution in [3.8, 4) is 0 Å². The lowest BCUT2D eigenvalue weighted by Gasteiger charge is -2.31. The second-order valence-corrected chi connectivity index (χ2v) is 9.22. The third kappa shape index (κ3) is 4.36. The van der Waals surface area contributed by atoms with Gasteiger partial charge in [-0.15, -0.1) is 11.3 Å². The summed E-state index contributed by atoms with van der Waals surface area (Å²) in [5.41, 5.74) is 12.4. The Kier molecular flexibility index (Phi) is 5.44. The van der Waals surface area contributed by atoms with Gasteiger partial charge in [-0.25, -0.2) is 9.37 Å². The fraction of sp³-hybridized carbons (Fsp3) is 0.455. The average molecular weight is 414 g/mol. The van der Waals surface area contributed by atoms with Crippen LogP contribution in [0.1, 0.15) is 55.0 Å². The van der Waals surface area contributed by atoms with Gasteiger partial charge in [0.2, 0.25) is 0 Å². The Balaban J connectivity index is 1.49. The number of aromatic nitrogens is 3. The summed E-state index contributed by atoms with van der Waals surface area (Å²) < 4.78 is 17.1. The van der Waals surface area contributed by atoms with E-state index in [2.05, 4.69) is 34.1 Å². The van der Waals surface area contributed by atoms with Gasteiger partial charge in [-0.3, -0.25) is 4.68 Å². The van der Waals surface area contributed by atoms with Crippen LogP contribution in [0.5, 0.6) is 0 Å². The van der Waals surface area contributed by atoms with E-state index in [4.69, 9.17) is 5.73 Å². The summed E-state index contributed by atoms with van der Waals surface area (Å²) in [6, 6.07) is 4.69. The smallest absolute Gasteiger partial charge is 0.110 e. The fourth-order valence-corrected chi connectivity index (χ4v) is 4.95. The molecule has 29 heavy (non-hydrogen) atoms.